The molecule has 3 rings (SSSR count). The highest BCUT2D eigenvalue weighted by Crippen LogP contribution is 2.30. The molecule has 0 unspecified atom stereocenters. The Morgan fingerprint density at radius 2 is 1.20 bits per heavy atom. The number of aryl methyl sites for hydroxylation is 1. The molecular formula is C31H33F3O. The zero-order valence-corrected chi connectivity index (χ0v) is 21.3. The molecule has 0 heterocycles. The maximum atomic E-state index is 13.6. The number of alkyl halides is 3. The van der Waals surface area contributed by atoms with Crippen molar-refractivity contribution in [2.24, 2.45) is 0 Å². The van der Waals surface area contributed by atoms with E-state index in [1.807, 2.05) is 50.3 Å². The van der Waals surface area contributed by atoms with Crippen molar-refractivity contribution >= 4 is 24.3 Å². The van der Waals surface area contributed by atoms with Gasteiger partial charge in [0.1, 0.15) is 5.75 Å². The summed E-state index contributed by atoms with van der Waals surface area (Å²) in [6, 6.07) is 13.2. The predicted octanol–water partition coefficient (Wildman–Crippen LogP) is 8.94. The molecule has 0 radical (unpaired) electrons. The van der Waals surface area contributed by atoms with Gasteiger partial charge in [-0.2, -0.15) is 13.2 Å². The normalized spacial score (nSPS) is 12.1. The van der Waals surface area contributed by atoms with Crippen LogP contribution in [0.3, 0.4) is 0 Å². The molecule has 0 spiro atoms. The summed E-state index contributed by atoms with van der Waals surface area (Å²) in [6.45, 7) is 10.2. The van der Waals surface area contributed by atoms with Crippen LogP contribution in [-0.4, -0.2) is 13.3 Å². The Bertz CT molecular complexity index is 1180. The van der Waals surface area contributed by atoms with E-state index in [-0.39, 0.29) is 5.56 Å². The van der Waals surface area contributed by atoms with E-state index in [4.69, 9.17) is 4.74 Å². The van der Waals surface area contributed by atoms with Gasteiger partial charge in [0.15, 0.2) is 0 Å². The molecule has 35 heavy (non-hydrogen) atoms. The molecule has 3 aromatic carbocycles. The van der Waals surface area contributed by atoms with Gasteiger partial charge in [0.25, 0.3) is 0 Å². The summed E-state index contributed by atoms with van der Waals surface area (Å²) in [4.78, 5) is 0. The number of benzene rings is 3. The van der Waals surface area contributed by atoms with Crippen molar-refractivity contribution in [3.05, 3.63) is 98.1 Å². The van der Waals surface area contributed by atoms with E-state index in [9.17, 15) is 13.2 Å². The van der Waals surface area contributed by atoms with E-state index >= 15 is 0 Å². The first kappa shape index (κ1) is 26.3. The minimum absolute atomic E-state index is 0.273. The van der Waals surface area contributed by atoms with E-state index in [1.54, 1.807) is 31.4 Å². The smallest absolute Gasteiger partial charge is 0.393 e. The van der Waals surface area contributed by atoms with Crippen LogP contribution in [0.15, 0.2) is 42.5 Å². The third-order valence-electron chi connectivity index (χ3n) is 6.83. The SMILES string of the molecule is CCc1ccc(/C=C/c2cccc(/C=C/c3ccc(OC)c(C)c3C)c2CC(F)(F)F)c(C)c1C. The van der Waals surface area contributed by atoms with Gasteiger partial charge in [0.05, 0.1) is 13.5 Å². The van der Waals surface area contributed by atoms with Crippen LogP contribution in [0.4, 0.5) is 13.2 Å². The molecule has 184 valence electrons. The Kier molecular flexibility index (Phi) is 8.26. The van der Waals surface area contributed by atoms with Gasteiger partial charge in [-0.1, -0.05) is 67.6 Å². The van der Waals surface area contributed by atoms with Crippen molar-refractivity contribution in [1.29, 1.82) is 0 Å². The molecule has 0 N–H and O–H groups in total. The Hall–Kier alpha value is -3.27. The second-order valence-corrected chi connectivity index (χ2v) is 8.90. The van der Waals surface area contributed by atoms with E-state index in [0.717, 1.165) is 40.0 Å². The van der Waals surface area contributed by atoms with Gasteiger partial charge in [-0.15, -0.1) is 0 Å². The molecule has 0 fully saturated rings. The molecule has 0 bridgehead atoms. The van der Waals surface area contributed by atoms with Crippen molar-refractivity contribution in [2.45, 2.75) is 53.6 Å². The highest BCUT2D eigenvalue weighted by molar-refractivity contribution is 5.79. The summed E-state index contributed by atoms with van der Waals surface area (Å²) in [5, 5.41) is 0. The van der Waals surface area contributed by atoms with Crippen LogP contribution in [0.2, 0.25) is 0 Å². The van der Waals surface area contributed by atoms with E-state index in [2.05, 4.69) is 26.8 Å². The van der Waals surface area contributed by atoms with Crippen LogP contribution in [0.1, 0.15) is 62.6 Å². The number of rotatable bonds is 7. The van der Waals surface area contributed by atoms with Crippen LogP contribution < -0.4 is 4.74 Å². The second kappa shape index (κ2) is 11.0. The lowest BCUT2D eigenvalue weighted by molar-refractivity contribution is -0.127. The summed E-state index contributed by atoms with van der Waals surface area (Å²) >= 11 is 0. The topological polar surface area (TPSA) is 9.23 Å². The third kappa shape index (κ3) is 6.25. The molecule has 3 aromatic rings. The summed E-state index contributed by atoms with van der Waals surface area (Å²) in [6.07, 6.45) is 3.03. The number of methoxy groups -OCH3 is 1. The summed E-state index contributed by atoms with van der Waals surface area (Å²) in [7, 11) is 1.63. The number of hydrogen-bond acceptors (Lipinski definition) is 1. The fraction of sp³-hybridized carbons (Fsp3) is 0.290. The number of hydrogen-bond donors (Lipinski definition) is 0. The first-order valence-corrected chi connectivity index (χ1v) is 11.8. The van der Waals surface area contributed by atoms with Crippen molar-refractivity contribution in [3.8, 4) is 5.75 Å². The lowest BCUT2D eigenvalue weighted by Gasteiger charge is -2.14. The van der Waals surface area contributed by atoms with Crippen LogP contribution in [-0.2, 0) is 12.8 Å². The average molecular weight is 479 g/mol. The maximum absolute atomic E-state index is 13.6. The van der Waals surface area contributed by atoms with Gasteiger partial charge in [-0.3, -0.25) is 0 Å². The van der Waals surface area contributed by atoms with Gasteiger partial charge in [0, 0.05) is 0 Å². The lowest BCUT2D eigenvalue weighted by Crippen LogP contribution is -2.13. The van der Waals surface area contributed by atoms with Crippen LogP contribution in [0, 0.1) is 27.7 Å². The van der Waals surface area contributed by atoms with E-state index in [0.29, 0.717) is 11.1 Å². The third-order valence-corrected chi connectivity index (χ3v) is 6.83. The summed E-state index contributed by atoms with van der Waals surface area (Å²) < 4.78 is 46.1. The number of ether oxygens (including phenoxy) is 1. The Morgan fingerprint density at radius 3 is 1.71 bits per heavy atom. The largest absolute Gasteiger partial charge is 0.496 e. The molecule has 0 atom stereocenters. The van der Waals surface area contributed by atoms with E-state index in [1.165, 1.54) is 11.1 Å². The summed E-state index contributed by atoms with van der Waals surface area (Å²) in [5.74, 6) is 0.794. The molecule has 0 aromatic heterocycles. The first-order valence-electron chi connectivity index (χ1n) is 11.8. The quantitative estimate of drug-likeness (QED) is 0.308. The molecular weight excluding hydrogens is 445 g/mol. The Balaban J connectivity index is 2.04. The minimum atomic E-state index is -4.31. The summed E-state index contributed by atoms with van der Waals surface area (Å²) in [5.41, 5.74) is 9.09. The lowest BCUT2D eigenvalue weighted by atomic mass is 9.93. The zero-order chi connectivity index (χ0) is 25.8. The zero-order valence-electron chi connectivity index (χ0n) is 21.3. The molecule has 0 saturated carbocycles. The van der Waals surface area contributed by atoms with Gasteiger partial charge in [-0.05, 0) is 95.8 Å². The van der Waals surface area contributed by atoms with Crippen LogP contribution in [0.25, 0.3) is 24.3 Å². The molecule has 0 amide bonds. The highest BCUT2D eigenvalue weighted by Gasteiger charge is 2.29. The molecule has 0 aliphatic rings. The first-order chi connectivity index (χ1) is 16.6. The molecule has 0 saturated heterocycles. The Morgan fingerprint density at radius 1 is 0.686 bits per heavy atom. The number of halogens is 3. The van der Waals surface area contributed by atoms with Crippen LogP contribution >= 0.6 is 0 Å². The van der Waals surface area contributed by atoms with Crippen molar-refractivity contribution in [3.63, 3.8) is 0 Å². The fourth-order valence-electron chi connectivity index (χ4n) is 4.38. The van der Waals surface area contributed by atoms with E-state index < -0.39 is 12.6 Å². The second-order valence-electron chi connectivity index (χ2n) is 8.90. The minimum Gasteiger partial charge on any atom is -0.496 e. The standard InChI is InChI=1S/C31H33F3O/c1-7-24-11-12-25(21(3)20(24)2)13-15-27-9-8-10-28(29(27)19-31(32,33)34)16-14-26-17-18-30(35-6)23(5)22(26)4/h8-18H,7,19H2,1-6H3/b15-13+,16-14+. The predicted molar refractivity (Wildman–Crippen MR) is 142 cm³/mol. The fourth-order valence-corrected chi connectivity index (χ4v) is 4.38. The van der Waals surface area contributed by atoms with Gasteiger partial charge >= 0.3 is 6.18 Å². The highest BCUT2D eigenvalue weighted by atomic mass is 19.4. The monoisotopic (exact) mass is 478 g/mol. The van der Waals surface area contributed by atoms with Gasteiger partial charge in [-0.25, -0.2) is 0 Å². The average Bonchev–Trinajstić information content (AvgIpc) is 2.81. The maximum Gasteiger partial charge on any atom is 0.393 e. The molecule has 0 aliphatic heterocycles. The Labute approximate surface area is 207 Å². The van der Waals surface area contributed by atoms with Crippen molar-refractivity contribution in [1.82, 2.24) is 0 Å². The van der Waals surface area contributed by atoms with Crippen molar-refractivity contribution in [2.75, 3.05) is 7.11 Å². The van der Waals surface area contributed by atoms with Crippen LogP contribution in [0.5, 0.6) is 5.75 Å². The molecule has 0 aliphatic carbocycles. The van der Waals surface area contributed by atoms with Gasteiger partial charge in [0.2, 0.25) is 0 Å². The van der Waals surface area contributed by atoms with Gasteiger partial charge < -0.3 is 4.74 Å². The van der Waals surface area contributed by atoms with Crippen molar-refractivity contribution < 1.29 is 17.9 Å². The molecule has 4 heteroatoms. The molecule has 1 nitrogen and oxygen atoms in total.